The molecule has 1 atom stereocenters. The standard InChI is InChI=1S/C13H20N4O3/c1-9(12(14)16-19)8-17(2)13(18)15-10-6-4-5-7-11(10)20-3/h4-7,9,19H,8H2,1-3H3,(H2,14,16)(H,15,18). The normalized spacial score (nSPS) is 12.7. The number of oxime groups is 1. The summed E-state index contributed by atoms with van der Waals surface area (Å²) in [4.78, 5) is 13.5. The minimum Gasteiger partial charge on any atom is -0.495 e. The second-order valence-corrected chi connectivity index (χ2v) is 4.44. The molecule has 1 unspecified atom stereocenters. The predicted molar refractivity (Wildman–Crippen MR) is 77.2 cm³/mol. The lowest BCUT2D eigenvalue weighted by Gasteiger charge is -2.21. The first kappa shape index (κ1) is 15.6. The van der Waals surface area contributed by atoms with E-state index >= 15 is 0 Å². The van der Waals surface area contributed by atoms with Gasteiger partial charge >= 0.3 is 6.03 Å². The molecule has 1 aromatic rings. The number of amides is 2. The largest absolute Gasteiger partial charge is 0.495 e. The smallest absolute Gasteiger partial charge is 0.321 e. The highest BCUT2D eigenvalue weighted by atomic mass is 16.5. The Hall–Kier alpha value is -2.44. The number of hydrogen-bond donors (Lipinski definition) is 3. The molecule has 1 aromatic carbocycles. The summed E-state index contributed by atoms with van der Waals surface area (Å²) in [6.45, 7) is 2.10. The van der Waals surface area contributed by atoms with Crippen LogP contribution in [-0.4, -0.2) is 42.7 Å². The summed E-state index contributed by atoms with van der Waals surface area (Å²) in [6, 6.07) is 6.83. The maximum absolute atomic E-state index is 12.0. The van der Waals surface area contributed by atoms with E-state index in [2.05, 4.69) is 10.5 Å². The number of nitrogens with two attached hydrogens (primary N) is 1. The molecule has 7 nitrogen and oxygen atoms in total. The van der Waals surface area contributed by atoms with Crippen LogP contribution in [0.15, 0.2) is 29.4 Å². The summed E-state index contributed by atoms with van der Waals surface area (Å²) in [5, 5.41) is 14.3. The zero-order valence-electron chi connectivity index (χ0n) is 11.8. The molecular formula is C13H20N4O3. The summed E-state index contributed by atoms with van der Waals surface area (Å²) in [5.41, 5.74) is 6.07. The van der Waals surface area contributed by atoms with Gasteiger partial charge in [-0.3, -0.25) is 0 Å². The molecule has 0 radical (unpaired) electrons. The quantitative estimate of drug-likeness (QED) is 0.329. The van der Waals surface area contributed by atoms with Crippen molar-refractivity contribution in [1.29, 1.82) is 0 Å². The van der Waals surface area contributed by atoms with Crippen LogP contribution in [0.1, 0.15) is 6.92 Å². The molecule has 0 aromatic heterocycles. The van der Waals surface area contributed by atoms with E-state index in [0.29, 0.717) is 18.0 Å². The van der Waals surface area contributed by atoms with Gasteiger partial charge in [-0.25, -0.2) is 4.79 Å². The van der Waals surface area contributed by atoms with E-state index in [1.54, 1.807) is 32.2 Å². The van der Waals surface area contributed by atoms with Crippen molar-refractivity contribution in [2.45, 2.75) is 6.92 Å². The molecule has 0 saturated heterocycles. The number of hydrogen-bond acceptors (Lipinski definition) is 4. The van der Waals surface area contributed by atoms with Crippen LogP contribution in [0.25, 0.3) is 0 Å². The minimum absolute atomic E-state index is 0.0851. The van der Waals surface area contributed by atoms with Gasteiger partial charge in [0.25, 0.3) is 0 Å². The predicted octanol–water partition coefficient (Wildman–Crippen LogP) is 1.54. The number of rotatable bonds is 5. The molecule has 0 aliphatic rings. The maximum atomic E-state index is 12.0. The van der Waals surface area contributed by atoms with E-state index in [-0.39, 0.29) is 17.8 Å². The van der Waals surface area contributed by atoms with Crippen LogP contribution in [0.4, 0.5) is 10.5 Å². The number of nitrogens with zero attached hydrogens (tertiary/aromatic N) is 2. The van der Waals surface area contributed by atoms with Gasteiger partial charge in [0.1, 0.15) is 11.6 Å². The zero-order chi connectivity index (χ0) is 15.1. The number of benzene rings is 1. The van der Waals surface area contributed by atoms with Crippen molar-refractivity contribution < 1.29 is 14.7 Å². The average molecular weight is 280 g/mol. The van der Waals surface area contributed by atoms with E-state index in [4.69, 9.17) is 15.7 Å². The Morgan fingerprint density at radius 2 is 2.20 bits per heavy atom. The zero-order valence-corrected chi connectivity index (χ0v) is 11.8. The highest BCUT2D eigenvalue weighted by Gasteiger charge is 2.16. The average Bonchev–Trinajstić information content (AvgIpc) is 2.46. The number of carbonyl (C=O) groups excluding carboxylic acids is 1. The Labute approximate surface area is 118 Å². The van der Waals surface area contributed by atoms with Crippen LogP contribution in [0, 0.1) is 5.92 Å². The number of ether oxygens (including phenoxy) is 1. The number of urea groups is 1. The number of amidine groups is 1. The van der Waals surface area contributed by atoms with E-state index in [0.717, 1.165) is 0 Å². The molecule has 2 amide bonds. The van der Waals surface area contributed by atoms with Crippen molar-refractivity contribution in [1.82, 2.24) is 4.90 Å². The van der Waals surface area contributed by atoms with Crippen LogP contribution in [0.2, 0.25) is 0 Å². The molecule has 1 rings (SSSR count). The van der Waals surface area contributed by atoms with Crippen molar-refractivity contribution >= 4 is 17.6 Å². The number of anilines is 1. The highest BCUT2D eigenvalue weighted by molar-refractivity contribution is 5.91. The topological polar surface area (TPSA) is 100 Å². The van der Waals surface area contributed by atoms with Gasteiger partial charge in [0.15, 0.2) is 0 Å². The second kappa shape index (κ2) is 7.22. The van der Waals surface area contributed by atoms with Crippen LogP contribution in [0.5, 0.6) is 5.75 Å². The number of carbonyl (C=O) groups is 1. The van der Waals surface area contributed by atoms with Gasteiger partial charge in [0.2, 0.25) is 0 Å². The Morgan fingerprint density at radius 3 is 2.80 bits per heavy atom. The summed E-state index contributed by atoms with van der Waals surface area (Å²) >= 11 is 0. The molecule has 0 bridgehead atoms. The maximum Gasteiger partial charge on any atom is 0.321 e. The molecule has 0 aliphatic heterocycles. The summed E-state index contributed by atoms with van der Waals surface area (Å²) in [6.07, 6.45) is 0. The Kier molecular flexibility index (Phi) is 5.64. The molecule has 20 heavy (non-hydrogen) atoms. The van der Waals surface area contributed by atoms with Gasteiger partial charge in [-0.1, -0.05) is 24.2 Å². The fraction of sp³-hybridized carbons (Fsp3) is 0.385. The summed E-state index contributed by atoms with van der Waals surface area (Å²) < 4.78 is 5.16. The third-order valence-corrected chi connectivity index (χ3v) is 2.86. The summed E-state index contributed by atoms with van der Waals surface area (Å²) in [7, 11) is 3.17. The van der Waals surface area contributed by atoms with Crippen LogP contribution >= 0.6 is 0 Å². The van der Waals surface area contributed by atoms with Gasteiger partial charge in [0.05, 0.1) is 12.8 Å². The van der Waals surface area contributed by atoms with Gasteiger partial charge in [0, 0.05) is 19.5 Å². The van der Waals surface area contributed by atoms with Crippen molar-refractivity contribution in [2.75, 3.05) is 26.0 Å². The van der Waals surface area contributed by atoms with Gasteiger partial charge in [-0.15, -0.1) is 0 Å². The van der Waals surface area contributed by atoms with Crippen molar-refractivity contribution in [2.24, 2.45) is 16.8 Å². The Morgan fingerprint density at radius 1 is 1.55 bits per heavy atom. The second-order valence-electron chi connectivity index (χ2n) is 4.44. The number of methoxy groups -OCH3 is 1. The Balaban J connectivity index is 2.66. The van der Waals surface area contributed by atoms with Crippen LogP contribution in [-0.2, 0) is 0 Å². The van der Waals surface area contributed by atoms with Crippen molar-refractivity contribution in [3.05, 3.63) is 24.3 Å². The first-order chi connectivity index (χ1) is 9.49. The van der Waals surface area contributed by atoms with E-state index in [9.17, 15) is 4.79 Å². The van der Waals surface area contributed by atoms with E-state index in [1.807, 2.05) is 6.07 Å². The lowest BCUT2D eigenvalue weighted by molar-refractivity contribution is 0.219. The minimum atomic E-state index is -0.299. The Bertz CT molecular complexity index is 490. The van der Waals surface area contributed by atoms with Gasteiger partial charge < -0.3 is 25.9 Å². The number of nitrogens with one attached hydrogen (secondary N) is 1. The van der Waals surface area contributed by atoms with Crippen LogP contribution < -0.4 is 15.8 Å². The molecule has 0 aliphatic carbocycles. The summed E-state index contributed by atoms with van der Waals surface area (Å²) in [5.74, 6) is 0.425. The monoisotopic (exact) mass is 280 g/mol. The molecule has 110 valence electrons. The molecule has 0 heterocycles. The third-order valence-electron chi connectivity index (χ3n) is 2.86. The number of para-hydroxylation sites is 2. The molecule has 0 spiro atoms. The molecule has 7 heteroatoms. The first-order valence-corrected chi connectivity index (χ1v) is 6.12. The van der Waals surface area contributed by atoms with Crippen molar-refractivity contribution in [3.8, 4) is 5.75 Å². The van der Waals surface area contributed by atoms with Crippen molar-refractivity contribution in [3.63, 3.8) is 0 Å². The van der Waals surface area contributed by atoms with Gasteiger partial charge in [-0.05, 0) is 12.1 Å². The highest BCUT2D eigenvalue weighted by Crippen LogP contribution is 2.23. The third kappa shape index (κ3) is 4.04. The first-order valence-electron chi connectivity index (χ1n) is 6.12. The van der Waals surface area contributed by atoms with Gasteiger partial charge in [-0.2, -0.15) is 0 Å². The fourth-order valence-electron chi connectivity index (χ4n) is 1.64. The molecular weight excluding hydrogens is 260 g/mol. The molecule has 0 saturated carbocycles. The molecule has 0 fully saturated rings. The SMILES string of the molecule is COc1ccccc1NC(=O)N(C)CC(C)C(N)=NO. The van der Waals surface area contributed by atoms with E-state index in [1.165, 1.54) is 12.0 Å². The molecule has 4 N–H and O–H groups in total. The van der Waals surface area contributed by atoms with E-state index < -0.39 is 0 Å². The lowest BCUT2D eigenvalue weighted by atomic mass is 10.1. The fourth-order valence-corrected chi connectivity index (χ4v) is 1.64. The lowest BCUT2D eigenvalue weighted by Crippen LogP contribution is -2.38. The van der Waals surface area contributed by atoms with Crippen LogP contribution in [0.3, 0.4) is 0 Å².